The standard InChI is InChI=1S/C51H33N5/c1-2-15-34(16-3-1)35-17-12-18-36(31-35)37-19-13-20-38(32-37)49-52-50(54-51(53-49)56-47-29-10-6-25-43(47)44-26-7-11-30-48(44)56)39-21-14-22-40(33-39)55-45-27-8-4-23-41(45)42-24-5-9-28-46(42)55/h1-33H. The molecule has 11 aromatic rings. The van der Waals surface area contributed by atoms with Gasteiger partial charge in [-0.3, -0.25) is 4.57 Å². The Bertz CT molecular complexity index is 3160. The van der Waals surface area contributed by atoms with Crippen LogP contribution in [0.15, 0.2) is 200 Å². The summed E-state index contributed by atoms with van der Waals surface area (Å²) in [6, 6.07) is 70.4. The third-order valence-electron chi connectivity index (χ3n) is 10.8. The summed E-state index contributed by atoms with van der Waals surface area (Å²) in [4.78, 5) is 15.8. The first-order valence-corrected chi connectivity index (χ1v) is 18.9. The van der Waals surface area contributed by atoms with E-state index < -0.39 is 0 Å². The number of aromatic nitrogens is 5. The van der Waals surface area contributed by atoms with E-state index in [0.717, 1.165) is 60.8 Å². The fraction of sp³-hybridized carbons (Fsp3) is 0. The van der Waals surface area contributed by atoms with Crippen molar-refractivity contribution >= 4 is 43.6 Å². The van der Waals surface area contributed by atoms with E-state index in [1.54, 1.807) is 0 Å². The van der Waals surface area contributed by atoms with Crippen molar-refractivity contribution in [2.75, 3.05) is 0 Å². The number of hydrogen-bond acceptors (Lipinski definition) is 3. The highest BCUT2D eigenvalue weighted by atomic mass is 15.2. The second-order valence-corrected chi connectivity index (χ2v) is 14.1. The normalized spacial score (nSPS) is 11.6. The molecule has 0 radical (unpaired) electrons. The molecular weight excluding hydrogens is 683 g/mol. The van der Waals surface area contributed by atoms with Crippen molar-refractivity contribution < 1.29 is 0 Å². The van der Waals surface area contributed by atoms with E-state index in [0.29, 0.717) is 17.6 Å². The Labute approximate surface area is 323 Å². The van der Waals surface area contributed by atoms with Crippen LogP contribution in [0.25, 0.3) is 100 Å². The van der Waals surface area contributed by atoms with Gasteiger partial charge in [0.05, 0.1) is 22.1 Å². The van der Waals surface area contributed by atoms with Crippen molar-refractivity contribution in [3.05, 3.63) is 200 Å². The van der Waals surface area contributed by atoms with Gasteiger partial charge in [-0.15, -0.1) is 0 Å². The van der Waals surface area contributed by atoms with Crippen LogP contribution in [0.2, 0.25) is 0 Å². The van der Waals surface area contributed by atoms with E-state index in [1.165, 1.54) is 21.9 Å². The summed E-state index contributed by atoms with van der Waals surface area (Å²) in [5.74, 6) is 1.78. The summed E-state index contributed by atoms with van der Waals surface area (Å²) < 4.78 is 4.50. The lowest BCUT2D eigenvalue weighted by Gasteiger charge is -2.13. The van der Waals surface area contributed by atoms with Gasteiger partial charge in [0.2, 0.25) is 5.95 Å². The Morgan fingerprint density at radius 1 is 0.268 bits per heavy atom. The summed E-state index contributed by atoms with van der Waals surface area (Å²) in [6.07, 6.45) is 0. The summed E-state index contributed by atoms with van der Waals surface area (Å²) in [6.45, 7) is 0. The minimum atomic E-state index is 0.571. The van der Waals surface area contributed by atoms with Crippen molar-refractivity contribution in [1.82, 2.24) is 24.1 Å². The van der Waals surface area contributed by atoms with Gasteiger partial charge in [-0.05, 0) is 70.8 Å². The second-order valence-electron chi connectivity index (χ2n) is 14.1. The maximum Gasteiger partial charge on any atom is 0.238 e. The van der Waals surface area contributed by atoms with E-state index in [9.17, 15) is 0 Å². The number of nitrogens with zero attached hydrogens (tertiary/aromatic N) is 5. The van der Waals surface area contributed by atoms with Crippen molar-refractivity contribution in [2.45, 2.75) is 0 Å². The molecule has 5 nitrogen and oxygen atoms in total. The maximum absolute atomic E-state index is 5.28. The predicted molar refractivity (Wildman–Crippen MR) is 230 cm³/mol. The number of hydrogen-bond donors (Lipinski definition) is 0. The Morgan fingerprint density at radius 3 is 1.18 bits per heavy atom. The molecule has 0 saturated heterocycles. The molecule has 0 aliphatic rings. The van der Waals surface area contributed by atoms with Crippen molar-refractivity contribution in [1.29, 1.82) is 0 Å². The zero-order valence-electron chi connectivity index (χ0n) is 30.3. The van der Waals surface area contributed by atoms with Crippen LogP contribution in [0.3, 0.4) is 0 Å². The molecule has 0 spiro atoms. The molecule has 262 valence electrons. The van der Waals surface area contributed by atoms with Gasteiger partial charge in [0.25, 0.3) is 0 Å². The van der Waals surface area contributed by atoms with Crippen LogP contribution < -0.4 is 0 Å². The van der Waals surface area contributed by atoms with E-state index in [1.807, 2.05) is 6.07 Å². The van der Waals surface area contributed by atoms with Crippen LogP contribution in [-0.2, 0) is 0 Å². The monoisotopic (exact) mass is 715 g/mol. The highest BCUT2D eigenvalue weighted by Crippen LogP contribution is 2.36. The predicted octanol–water partition coefficient (Wildman–Crippen LogP) is 12.7. The van der Waals surface area contributed by atoms with E-state index in [-0.39, 0.29) is 0 Å². The SMILES string of the molecule is c1ccc(-c2cccc(-c3cccc(-c4nc(-c5cccc(-n6c7ccccc7c7ccccc76)c5)nc(-n5c6ccccc6c6ccccc65)n4)c3)c2)cc1. The molecule has 0 N–H and O–H groups in total. The van der Waals surface area contributed by atoms with Crippen LogP contribution in [0.5, 0.6) is 0 Å². The van der Waals surface area contributed by atoms with Gasteiger partial charge in [0.1, 0.15) is 0 Å². The molecule has 0 bridgehead atoms. The highest BCUT2D eigenvalue weighted by molar-refractivity contribution is 6.10. The molecule has 11 rings (SSSR count). The molecule has 0 amide bonds. The van der Waals surface area contributed by atoms with Gasteiger partial charge in [-0.1, -0.05) is 152 Å². The lowest BCUT2D eigenvalue weighted by atomic mass is 9.98. The van der Waals surface area contributed by atoms with Crippen molar-refractivity contribution in [3.8, 4) is 56.7 Å². The third kappa shape index (κ3) is 5.29. The van der Waals surface area contributed by atoms with E-state index in [2.05, 4.69) is 203 Å². The first kappa shape index (κ1) is 31.9. The van der Waals surface area contributed by atoms with Crippen LogP contribution in [0.4, 0.5) is 0 Å². The smallest absolute Gasteiger partial charge is 0.238 e. The molecule has 8 aromatic carbocycles. The van der Waals surface area contributed by atoms with Gasteiger partial charge >= 0.3 is 0 Å². The van der Waals surface area contributed by atoms with E-state index >= 15 is 0 Å². The topological polar surface area (TPSA) is 48.5 Å². The Hall–Kier alpha value is -7.63. The van der Waals surface area contributed by atoms with E-state index in [4.69, 9.17) is 15.0 Å². The number of para-hydroxylation sites is 4. The summed E-state index contributed by atoms with van der Waals surface area (Å²) in [7, 11) is 0. The molecule has 0 fully saturated rings. The van der Waals surface area contributed by atoms with Gasteiger partial charge in [-0.25, -0.2) is 4.98 Å². The molecule has 0 aliphatic heterocycles. The fourth-order valence-electron chi connectivity index (χ4n) is 8.19. The van der Waals surface area contributed by atoms with Crippen molar-refractivity contribution in [3.63, 3.8) is 0 Å². The Balaban J connectivity index is 1.11. The Kier molecular flexibility index (Phi) is 7.42. The quantitative estimate of drug-likeness (QED) is 0.172. The maximum atomic E-state index is 5.28. The molecule has 0 aliphatic carbocycles. The zero-order chi connectivity index (χ0) is 37.0. The fourth-order valence-corrected chi connectivity index (χ4v) is 8.19. The van der Waals surface area contributed by atoms with Gasteiger partial charge in [0.15, 0.2) is 11.6 Å². The van der Waals surface area contributed by atoms with Gasteiger partial charge in [0, 0.05) is 38.4 Å². The lowest BCUT2D eigenvalue weighted by molar-refractivity contribution is 0.953. The van der Waals surface area contributed by atoms with Crippen LogP contribution in [-0.4, -0.2) is 24.1 Å². The molecular formula is C51H33N5. The summed E-state index contributed by atoms with van der Waals surface area (Å²) in [5.41, 5.74) is 11.8. The number of rotatable bonds is 6. The lowest BCUT2D eigenvalue weighted by Crippen LogP contribution is -2.06. The molecule has 3 heterocycles. The average molecular weight is 716 g/mol. The largest absolute Gasteiger partial charge is 0.309 e. The molecule has 0 atom stereocenters. The average Bonchev–Trinajstić information content (AvgIpc) is 3.80. The number of fused-ring (bicyclic) bond motifs is 6. The zero-order valence-corrected chi connectivity index (χ0v) is 30.3. The van der Waals surface area contributed by atoms with Crippen LogP contribution >= 0.6 is 0 Å². The summed E-state index contributed by atoms with van der Waals surface area (Å²) in [5, 5.41) is 4.75. The first-order chi connectivity index (χ1) is 27.8. The molecule has 56 heavy (non-hydrogen) atoms. The highest BCUT2D eigenvalue weighted by Gasteiger charge is 2.19. The molecule has 3 aromatic heterocycles. The van der Waals surface area contributed by atoms with Gasteiger partial charge in [-0.2, -0.15) is 9.97 Å². The molecule has 0 saturated carbocycles. The first-order valence-electron chi connectivity index (χ1n) is 18.9. The molecule has 5 heteroatoms. The van der Waals surface area contributed by atoms with Gasteiger partial charge < -0.3 is 4.57 Å². The number of benzene rings is 8. The van der Waals surface area contributed by atoms with Crippen LogP contribution in [0.1, 0.15) is 0 Å². The minimum absolute atomic E-state index is 0.571. The van der Waals surface area contributed by atoms with Crippen LogP contribution in [0, 0.1) is 0 Å². The third-order valence-corrected chi connectivity index (χ3v) is 10.8. The minimum Gasteiger partial charge on any atom is -0.309 e. The Morgan fingerprint density at radius 2 is 0.643 bits per heavy atom. The second kappa shape index (κ2) is 13.0. The molecule has 0 unspecified atom stereocenters. The summed E-state index contributed by atoms with van der Waals surface area (Å²) >= 11 is 0. The van der Waals surface area contributed by atoms with Crippen molar-refractivity contribution in [2.24, 2.45) is 0 Å².